The number of nitriles is 1. The van der Waals surface area contributed by atoms with Crippen LogP contribution in [0.25, 0.3) is 0 Å². The summed E-state index contributed by atoms with van der Waals surface area (Å²) in [5.74, 6) is 0.789. The molecule has 0 amide bonds. The lowest BCUT2D eigenvalue weighted by atomic mass is 10.0. The molecule has 1 nitrogen and oxygen atoms in total. The van der Waals surface area contributed by atoms with Crippen molar-refractivity contribution in [1.29, 1.82) is 5.26 Å². The summed E-state index contributed by atoms with van der Waals surface area (Å²) in [5, 5.41) is 8.84. The molecular weight excluding hydrogens is 269 g/mol. The van der Waals surface area contributed by atoms with Crippen molar-refractivity contribution in [3.63, 3.8) is 0 Å². The predicted molar refractivity (Wildman–Crippen MR) is 81.2 cm³/mol. The van der Waals surface area contributed by atoms with Gasteiger partial charge in [0.15, 0.2) is 0 Å². The summed E-state index contributed by atoms with van der Waals surface area (Å²) in [4.78, 5) is 1.11. The molecule has 2 aromatic rings. The standard InChI is InChI=1S/C17H16FNS/c1-12(2)14-4-6-16(7-5-14)20-11-15-9-13(10-19)3-8-17(15)18/h3-9,12H,11H2,1-2H3. The molecule has 102 valence electrons. The molecule has 0 unspecified atom stereocenters. The number of benzene rings is 2. The van der Waals surface area contributed by atoms with E-state index in [9.17, 15) is 4.39 Å². The maximum absolute atomic E-state index is 13.7. The van der Waals surface area contributed by atoms with Gasteiger partial charge in [0.1, 0.15) is 5.82 Å². The first-order valence-electron chi connectivity index (χ1n) is 6.51. The number of halogens is 1. The third-order valence-electron chi connectivity index (χ3n) is 3.12. The maximum Gasteiger partial charge on any atom is 0.127 e. The largest absolute Gasteiger partial charge is 0.207 e. The molecule has 0 aromatic heterocycles. The molecule has 0 saturated heterocycles. The first kappa shape index (κ1) is 14.6. The zero-order valence-electron chi connectivity index (χ0n) is 11.6. The van der Waals surface area contributed by atoms with E-state index in [0.29, 0.717) is 22.8 Å². The van der Waals surface area contributed by atoms with Crippen LogP contribution in [0.5, 0.6) is 0 Å². The molecule has 0 aliphatic rings. The van der Waals surface area contributed by atoms with Crippen LogP contribution in [0.4, 0.5) is 4.39 Å². The molecule has 0 bridgehead atoms. The Morgan fingerprint density at radius 1 is 1.15 bits per heavy atom. The molecule has 0 aliphatic heterocycles. The van der Waals surface area contributed by atoms with Gasteiger partial charge in [0.25, 0.3) is 0 Å². The Balaban J connectivity index is 2.07. The van der Waals surface area contributed by atoms with Crippen LogP contribution < -0.4 is 0 Å². The van der Waals surface area contributed by atoms with Crippen molar-refractivity contribution in [1.82, 2.24) is 0 Å². The Bertz CT molecular complexity index is 626. The lowest BCUT2D eigenvalue weighted by molar-refractivity contribution is 0.617. The highest BCUT2D eigenvalue weighted by Crippen LogP contribution is 2.26. The molecule has 0 heterocycles. The fourth-order valence-corrected chi connectivity index (χ4v) is 2.74. The highest BCUT2D eigenvalue weighted by atomic mass is 32.2. The van der Waals surface area contributed by atoms with E-state index in [0.717, 1.165) is 4.90 Å². The summed E-state index contributed by atoms with van der Waals surface area (Å²) in [7, 11) is 0. The average molecular weight is 285 g/mol. The smallest absolute Gasteiger partial charge is 0.127 e. The molecule has 0 atom stereocenters. The normalized spacial score (nSPS) is 10.6. The van der Waals surface area contributed by atoms with Crippen LogP contribution in [-0.2, 0) is 5.75 Å². The third kappa shape index (κ3) is 3.61. The molecule has 3 heteroatoms. The highest BCUT2D eigenvalue weighted by Gasteiger charge is 2.05. The van der Waals surface area contributed by atoms with Gasteiger partial charge < -0.3 is 0 Å². The minimum atomic E-state index is -0.254. The van der Waals surface area contributed by atoms with Crippen molar-refractivity contribution in [2.45, 2.75) is 30.4 Å². The molecule has 0 spiro atoms. The minimum absolute atomic E-state index is 0.254. The second-order valence-corrected chi connectivity index (χ2v) is 5.98. The quantitative estimate of drug-likeness (QED) is 0.729. The fourth-order valence-electron chi connectivity index (χ4n) is 1.86. The van der Waals surface area contributed by atoms with Gasteiger partial charge in [-0.3, -0.25) is 0 Å². The zero-order chi connectivity index (χ0) is 14.5. The van der Waals surface area contributed by atoms with Crippen LogP contribution in [0, 0.1) is 17.1 Å². The fraction of sp³-hybridized carbons (Fsp3) is 0.235. The summed E-state index contributed by atoms with van der Waals surface area (Å²) in [6.07, 6.45) is 0. The van der Waals surface area contributed by atoms with Crippen LogP contribution in [0.2, 0.25) is 0 Å². The number of rotatable bonds is 4. The van der Waals surface area contributed by atoms with Gasteiger partial charge in [-0.2, -0.15) is 5.26 Å². The Morgan fingerprint density at radius 3 is 2.45 bits per heavy atom. The second kappa shape index (κ2) is 6.58. The van der Waals surface area contributed by atoms with E-state index >= 15 is 0 Å². The van der Waals surface area contributed by atoms with Crippen molar-refractivity contribution in [3.05, 3.63) is 65.0 Å². The van der Waals surface area contributed by atoms with Crippen LogP contribution in [0.15, 0.2) is 47.4 Å². The van der Waals surface area contributed by atoms with Gasteiger partial charge in [0, 0.05) is 10.6 Å². The third-order valence-corrected chi connectivity index (χ3v) is 4.18. The first-order valence-corrected chi connectivity index (χ1v) is 7.50. The number of thioether (sulfide) groups is 1. The predicted octanol–water partition coefficient (Wildman–Crippen LogP) is 5.11. The first-order chi connectivity index (χ1) is 9.60. The minimum Gasteiger partial charge on any atom is -0.207 e. The van der Waals surface area contributed by atoms with E-state index < -0.39 is 0 Å². The van der Waals surface area contributed by atoms with Gasteiger partial charge in [0.2, 0.25) is 0 Å². The molecule has 0 saturated carbocycles. The summed E-state index contributed by atoms with van der Waals surface area (Å²) in [5.41, 5.74) is 2.37. The van der Waals surface area contributed by atoms with Gasteiger partial charge in [-0.25, -0.2) is 4.39 Å². The van der Waals surface area contributed by atoms with E-state index in [1.54, 1.807) is 17.8 Å². The Morgan fingerprint density at radius 2 is 1.85 bits per heavy atom. The van der Waals surface area contributed by atoms with E-state index in [-0.39, 0.29) is 5.82 Å². The van der Waals surface area contributed by atoms with E-state index in [1.807, 2.05) is 6.07 Å². The number of hydrogen-bond donors (Lipinski definition) is 0. The van der Waals surface area contributed by atoms with Crippen molar-refractivity contribution < 1.29 is 4.39 Å². The van der Waals surface area contributed by atoms with Gasteiger partial charge in [-0.1, -0.05) is 26.0 Å². The average Bonchev–Trinajstić information content (AvgIpc) is 2.47. The Kier molecular flexibility index (Phi) is 4.81. The molecule has 0 fully saturated rings. The van der Waals surface area contributed by atoms with Crippen molar-refractivity contribution in [3.8, 4) is 6.07 Å². The zero-order valence-corrected chi connectivity index (χ0v) is 12.4. The van der Waals surface area contributed by atoms with Crippen LogP contribution >= 0.6 is 11.8 Å². The Hall–Kier alpha value is -1.79. The SMILES string of the molecule is CC(C)c1ccc(SCc2cc(C#N)ccc2F)cc1. The van der Waals surface area contributed by atoms with Gasteiger partial charge in [-0.15, -0.1) is 11.8 Å². The summed E-state index contributed by atoms with van der Waals surface area (Å²) in [6.45, 7) is 4.32. The van der Waals surface area contributed by atoms with Gasteiger partial charge >= 0.3 is 0 Å². The summed E-state index contributed by atoms with van der Waals surface area (Å²) < 4.78 is 13.7. The maximum atomic E-state index is 13.7. The van der Waals surface area contributed by atoms with Gasteiger partial charge in [-0.05, 0) is 47.4 Å². The molecular formula is C17H16FNS. The molecule has 2 aromatic carbocycles. The van der Waals surface area contributed by atoms with E-state index in [4.69, 9.17) is 5.26 Å². The van der Waals surface area contributed by atoms with Crippen molar-refractivity contribution >= 4 is 11.8 Å². The topological polar surface area (TPSA) is 23.8 Å². The van der Waals surface area contributed by atoms with Gasteiger partial charge in [0.05, 0.1) is 11.6 Å². The van der Waals surface area contributed by atoms with Crippen LogP contribution in [0.3, 0.4) is 0 Å². The van der Waals surface area contributed by atoms with E-state index in [2.05, 4.69) is 38.1 Å². The lowest BCUT2D eigenvalue weighted by Crippen LogP contribution is -1.90. The Labute approximate surface area is 123 Å². The van der Waals surface area contributed by atoms with Crippen LogP contribution in [0.1, 0.15) is 36.5 Å². The molecule has 0 aliphatic carbocycles. The lowest BCUT2D eigenvalue weighted by Gasteiger charge is -2.07. The summed E-state index contributed by atoms with van der Waals surface area (Å²) >= 11 is 1.58. The molecule has 0 N–H and O–H groups in total. The number of hydrogen-bond acceptors (Lipinski definition) is 2. The van der Waals surface area contributed by atoms with E-state index in [1.165, 1.54) is 17.7 Å². The highest BCUT2D eigenvalue weighted by molar-refractivity contribution is 7.98. The molecule has 20 heavy (non-hydrogen) atoms. The molecule has 0 radical (unpaired) electrons. The second-order valence-electron chi connectivity index (χ2n) is 4.93. The van der Waals surface area contributed by atoms with Crippen molar-refractivity contribution in [2.24, 2.45) is 0 Å². The van der Waals surface area contributed by atoms with Crippen LogP contribution in [-0.4, -0.2) is 0 Å². The summed E-state index contributed by atoms with van der Waals surface area (Å²) in [6, 6.07) is 14.8. The van der Waals surface area contributed by atoms with Crippen molar-refractivity contribution in [2.75, 3.05) is 0 Å². The monoisotopic (exact) mass is 285 g/mol. The molecule has 2 rings (SSSR count). The number of nitrogens with zero attached hydrogens (tertiary/aromatic N) is 1.